The zero-order valence-electron chi connectivity index (χ0n) is 13.2. The Morgan fingerprint density at radius 2 is 1.91 bits per heavy atom. The van der Waals surface area contributed by atoms with E-state index in [1.807, 2.05) is 13.8 Å². The van der Waals surface area contributed by atoms with Gasteiger partial charge in [-0.05, 0) is 31.5 Å². The van der Waals surface area contributed by atoms with E-state index in [0.29, 0.717) is 6.54 Å². The molecule has 0 fully saturated rings. The highest BCUT2D eigenvalue weighted by Gasteiger charge is 2.16. The van der Waals surface area contributed by atoms with Gasteiger partial charge in [0.25, 0.3) is 0 Å². The molecule has 0 heterocycles. The lowest BCUT2D eigenvalue weighted by Crippen LogP contribution is -2.38. The van der Waals surface area contributed by atoms with Crippen LogP contribution < -0.4 is 0 Å². The SMILES string of the molecule is COC(=O)CCN(C(=O)CC=Cc1ccc(F)cc1)C(C)C. The van der Waals surface area contributed by atoms with Gasteiger partial charge in [0.1, 0.15) is 5.82 Å². The Morgan fingerprint density at radius 1 is 1.27 bits per heavy atom. The van der Waals surface area contributed by atoms with Gasteiger partial charge in [-0.1, -0.05) is 24.3 Å². The molecule has 1 aromatic carbocycles. The van der Waals surface area contributed by atoms with Gasteiger partial charge >= 0.3 is 5.97 Å². The number of hydrogen-bond donors (Lipinski definition) is 0. The van der Waals surface area contributed by atoms with E-state index in [1.165, 1.54) is 19.2 Å². The summed E-state index contributed by atoms with van der Waals surface area (Å²) >= 11 is 0. The summed E-state index contributed by atoms with van der Waals surface area (Å²) in [6.45, 7) is 4.14. The zero-order valence-corrected chi connectivity index (χ0v) is 13.2. The van der Waals surface area contributed by atoms with Crippen molar-refractivity contribution >= 4 is 18.0 Å². The number of carbonyl (C=O) groups excluding carboxylic acids is 2. The summed E-state index contributed by atoms with van der Waals surface area (Å²) in [6.07, 6.45) is 3.93. The van der Waals surface area contributed by atoms with Crippen LogP contribution in [-0.2, 0) is 14.3 Å². The average Bonchev–Trinajstić information content (AvgIpc) is 2.48. The molecule has 0 aliphatic carbocycles. The van der Waals surface area contributed by atoms with Gasteiger partial charge in [-0.15, -0.1) is 0 Å². The summed E-state index contributed by atoms with van der Waals surface area (Å²) in [5, 5.41) is 0. The number of ether oxygens (including phenoxy) is 1. The third-order valence-electron chi connectivity index (χ3n) is 3.20. The number of amides is 1. The molecule has 22 heavy (non-hydrogen) atoms. The molecule has 1 amide bonds. The van der Waals surface area contributed by atoms with Crippen molar-refractivity contribution in [3.05, 3.63) is 41.7 Å². The molecule has 0 spiro atoms. The summed E-state index contributed by atoms with van der Waals surface area (Å²) in [6, 6.07) is 6.05. The molecule has 0 unspecified atom stereocenters. The highest BCUT2D eigenvalue weighted by atomic mass is 19.1. The van der Waals surface area contributed by atoms with Crippen LogP contribution >= 0.6 is 0 Å². The average molecular weight is 307 g/mol. The minimum atomic E-state index is -0.333. The maximum atomic E-state index is 12.8. The van der Waals surface area contributed by atoms with E-state index < -0.39 is 0 Å². The van der Waals surface area contributed by atoms with Crippen LogP contribution in [0.3, 0.4) is 0 Å². The van der Waals surface area contributed by atoms with Crippen LogP contribution in [0.2, 0.25) is 0 Å². The van der Waals surface area contributed by atoms with Gasteiger partial charge in [0.05, 0.1) is 13.5 Å². The molecule has 0 saturated heterocycles. The molecule has 0 saturated carbocycles. The molecule has 0 bridgehead atoms. The number of rotatable bonds is 7. The van der Waals surface area contributed by atoms with E-state index >= 15 is 0 Å². The van der Waals surface area contributed by atoms with Gasteiger partial charge < -0.3 is 9.64 Å². The Morgan fingerprint density at radius 3 is 2.45 bits per heavy atom. The van der Waals surface area contributed by atoms with Crippen molar-refractivity contribution in [3.63, 3.8) is 0 Å². The van der Waals surface area contributed by atoms with Crippen molar-refractivity contribution in [2.45, 2.75) is 32.7 Å². The third-order valence-corrected chi connectivity index (χ3v) is 3.20. The molecule has 5 heteroatoms. The number of hydrogen-bond acceptors (Lipinski definition) is 3. The largest absolute Gasteiger partial charge is 0.469 e. The molecule has 0 atom stereocenters. The predicted octanol–water partition coefficient (Wildman–Crippen LogP) is 3.03. The smallest absolute Gasteiger partial charge is 0.307 e. The molecule has 0 aromatic heterocycles. The van der Waals surface area contributed by atoms with Crippen LogP contribution in [0, 0.1) is 5.82 Å². The Hall–Kier alpha value is -2.17. The maximum absolute atomic E-state index is 12.8. The lowest BCUT2D eigenvalue weighted by molar-refractivity contribution is -0.142. The van der Waals surface area contributed by atoms with E-state index in [2.05, 4.69) is 4.74 Å². The van der Waals surface area contributed by atoms with Crippen LogP contribution in [0.5, 0.6) is 0 Å². The standard InChI is InChI=1S/C17H22FNO3/c1-13(2)19(12-11-17(21)22-3)16(20)6-4-5-14-7-9-15(18)10-8-14/h4-5,7-10,13H,6,11-12H2,1-3H3. The third kappa shape index (κ3) is 6.08. The minimum absolute atomic E-state index is 0.0105. The van der Waals surface area contributed by atoms with Crippen LogP contribution in [0.4, 0.5) is 4.39 Å². The monoisotopic (exact) mass is 307 g/mol. The maximum Gasteiger partial charge on any atom is 0.307 e. The molecule has 0 aliphatic rings. The topological polar surface area (TPSA) is 46.6 Å². The molecule has 4 nitrogen and oxygen atoms in total. The van der Waals surface area contributed by atoms with Crippen molar-refractivity contribution in [2.24, 2.45) is 0 Å². The number of nitrogens with zero attached hydrogens (tertiary/aromatic N) is 1. The molecular weight excluding hydrogens is 285 g/mol. The normalized spacial score (nSPS) is 11.0. The second-order valence-electron chi connectivity index (χ2n) is 5.17. The Balaban J connectivity index is 2.55. The lowest BCUT2D eigenvalue weighted by atomic mass is 10.2. The molecule has 0 aliphatic heterocycles. The highest BCUT2D eigenvalue weighted by molar-refractivity contribution is 5.79. The first-order chi connectivity index (χ1) is 10.4. The quantitative estimate of drug-likeness (QED) is 0.727. The number of methoxy groups -OCH3 is 1. The predicted molar refractivity (Wildman–Crippen MR) is 83.5 cm³/mol. The van der Waals surface area contributed by atoms with Crippen molar-refractivity contribution in [1.29, 1.82) is 0 Å². The number of benzene rings is 1. The summed E-state index contributed by atoms with van der Waals surface area (Å²) in [4.78, 5) is 25.0. The van der Waals surface area contributed by atoms with Gasteiger partial charge in [-0.3, -0.25) is 9.59 Å². The Bertz CT molecular complexity index is 523. The summed E-state index contributed by atoms with van der Waals surface area (Å²) in [5.41, 5.74) is 0.833. The van der Waals surface area contributed by atoms with Crippen LogP contribution in [-0.4, -0.2) is 36.5 Å². The second-order valence-corrected chi connectivity index (χ2v) is 5.17. The fraction of sp³-hybridized carbons (Fsp3) is 0.412. The van der Waals surface area contributed by atoms with E-state index in [4.69, 9.17) is 0 Å². The molecular formula is C17H22FNO3. The first-order valence-electron chi connectivity index (χ1n) is 7.22. The van der Waals surface area contributed by atoms with Crippen LogP contribution in [0.1, 0.15) is 32.3 Å². The zero-order chi connectivity index (χ0) is 16.5. The molecule has 120 valence electrons. The lowest BCUT2D eigenvalue weighted by Gasteiger charge is -2.26. The van der Waals surface area contributed by atoms with E-state index in [9.17, 15) is 14.0 Å². The van der Waals surface area contributed by atoms with Crippen molar-refractivity contribution in [1.82, 2.24) is 4.90 Å². The fourth-order valence-corrected chi connectivity index (χ4v) is 1.97. The van der Waals surface area contributed by atoms with E-state index in [1.54, 1.807) is 29.2 Å². The summed E-state index contributed by atoms with van der Waals surface area (Å²) < 4.78 is 17.4. The van der Waals surface area contributed by atoms with E-state index in [-0.39, 0.29) is 36.6 Å². The van der Waals surface area contributed by atoms with Gasteiger partial charge in [-0.2, -0.15) is 0 Å². The summed E-state index contributed by atoms with van der Waals surface area (Å²) in [5.74, 6) is -0.681. The first-order valence-corrected chi connectivity index (χ1v) is 7.22. The summed E-state index contributed by atoms with van der Waals surface area (Å²) in [7, 11) is 1.33. The molecule has 0 radical (unpaired) electrons. The Labute approximate surface area is 130 Å². The Kier molecular flexibility index (Phi) is 7.29. The molecule has 1 rings (SSSR count). The van der Waals surface area contributed by atoms with Gasteiger partial charge in [0, 0.05) is 19.0 Å². The van der Waals surface area contributed by atoms with Gasteiger partial charge in [0.15, 0.2) is 0 Å². The molecule has 1 aromatic rings. The highest BCUT2D eigenvalue weighted by Crippen LogP contribution is 2.08. The van der Waals surface area contributed by atoms with E-state index in [0.717, 1.165) is 5.56 Å². The van der Waals surface area contributed by atoms with Crippen LogP contribution in [0.25, 0.3) is 6.08 Å². The number of esters is 1. The number of carbonyl (C=O) groups is 2. The van der Waals surface area contributed by atoms with Gasteiger partial charge in [-0.25, -0.2) is 4.39 Å². The van der Waals surface area contributed by atoms with Crippen LogP contribution in [0.15, 0.2) is 30.3 Å². The van der Waals surface area contributed by atoms with Crippen molar-refractivity contribution in [2.75, 3.05) is 13.7 Å². The minimum Gasteiger partial charge on any atom is -0.469 e. The van der Waals surface area contributed by atoms with Crippen molar-refractivity contribution in [3.8, 4) is 0 Å². The fourth-order valence-electron chi connectivity index (χ4n) is 1.97. The van der Waals surface area contributed by atoms with Crippen molar-refractivity contribution < 1.29 is 18.7 Å². The number of halogens is 1. The van der Waals surface area contributed by atoms with Gasteiger partial charge in [0.2, 0.25) is 5.91 Å². The molecule has 0 N–H and O–H groups in total. The second kappa shape index (κ2) is 8.97. The first kappa shape index (κ1) is 17.9.